The van der Waals surface area contributed by atoms with Gasteiger partial charge in [0.05, 0.1) is 11.8 Å². The number of hydrogen-bond acceptors (Lipinski definition) is 4. The number of rotatable bonds is 3. The molecule has 1 amide bonds. The summed E-state index contributed by atoms with van der Waals surface area (Å²) in [5.74, 6) is -0.443. The lowest BCUT2D eigenvalue weighted by Crippen LogP contribution is -2.20. The van der Waals surface area contributed by atoms with E-state index >= 15 is 0 Å². The van der Waals surface area contributed by atoms with Gasteiger partial charge in [-0.25, -0.2) is 5.43 Å². The van der Waals surface area contributed by atoms with Gasteiger partial charge in [0, 0.05) is 22.5 Å². The second-order valence-corrected chi connectivity index (χ2v) is 6.01. The number of carbonyl (C=O) groups is 1. The molecular formula is C21H15N3O3. The zero-order valence-electron chi connectivity index (χ0n) is 14.1. The van der Waals surface area contributed by atoms with Crippen LogP contribution >= 0.6 is 0 Å². The van der Waals surface area contributed by atoms with Gasteiger partial charge in [-0.1, -0.05) is 48.5 Å². The first-order valence-electron chi connectivity index (χ1n) is 8.30. The molecule has 4 rings (SSSR count). The molecule has 1 heterocycles. The van der Waals surface area contributed by atoms with Crippen molar-refractivity contribution in [2.45, 2.75) is 0 Å². The third kappa shape index (κ3) is 3.16. The van der Waals surface area contributed by atoms with Crippen LogP contribution in [0.2, 0.25) is 0 Å². The highest BCUT2D eigenvalue weighted by Crippen LogP contribution is 2.25. The van der Waals surface area contributed by atoms with Gasteiger partial charge in [0.15, 0.2) is 0 Å². The number of aromatic hydroxyl groups is 1. The summed E-state index contributed by atoms with van der Waals surface area (Å²) in [4.78, 5) is 27.0. The molecule has 132 valence electrons. The summed E-state index contributed by atoms with van der Waals surface area (Å²) in [6.07, 6.45) is 1.39. The molecule has 0 aliphatic carbocycles. The summed E-state index contributed by atoms with van der Waals surface area (Å²) in [6, 6.07) is 19.2. The van der Waals surface area contributed by atoms with Crippen LogP contribution < -0.4 is 11.0 Å². The van der Waals surface area contributed by atoms with Gasteiger partial charge in [-0.2, -0.15) is 5.10 Å². The number of carbonyl (C=O) groups excluding carboxylic acids is 1. The monoisotopic (exact) mass is 357 g/mol. The predicted octanol–water partition coefficient (Wildman–Crippen LogP) is 3.15. The predicted molar refractivity (Wildman–Crippen MR) is 105 cm³/mol. The van der Waals surface area contributed by atoms with Gasteiger partial charge in [0.2, 0.25) is 5.56 Å². The van der Waals surface area contributed by atoms with E-state index in [1.54, 1.807) is 30.3 Å². The number of pyridine rings is 1. The number of benzene rings is 3. The Labute approximate surface area is 153 Å². The standard InChI is InChI=1S/C21H15N3O3/c25-19-10-9-13-5-1-2-6-14(13)17(19)12-22-24-21(27)16-11-20(26)23-18-8-4-3-7-15(16)18/h1-12,25H,(H,23,26)(H,24,27)/b22-12+. The molecule has 0 spiro atoms. The lowest BCUT2D eigenvalue weighted by molar-refractivity contribution is 0.0956. The summed E-state index contributed by atoms with van der Waals surface area (Å²) in [7, 11) is 0. The van der Waals surface area contributed by atoms with E-state index in [9.17, 15) is 14.7 Å². The van der Waals surface area contributed by atoms with Crippen LogP contribution in [0.15, 0.2) is 76.6 Å². The lowest BCUT2D eigenvalue weighted by Gasteiger charge is -2.06. The van der Waals surface area contributed by atoms with E-state index in [1.807, 2.05) is 30.3 Å². The molecule has 1 aromatic heterocycles. The number of phenolic OH excluding ortho intramolecular Hbond substituents is 1. The van der Waals surface area contributed by atoms with Gasteiger partial charge in [0.1, 0.15) is 5.75 Å². The van der Waals surface area contributed by atoms with Crippen LogP contribution in [-0.2, 0) is 0 Å². The molecule has 3 N–H and O–H groups in total. The molecule has 27 heavy (non-hydrogen) atoms. The van der Waals surface area contributed by atoms with E-state index in [0.717, 1.165) is 10.8 Å². The van der Waals surface area contributed by atoms with E-state index in [-0.39, 0.29) is 16.9 Å². The van der Waals surface area contributed by atoms with Crippen molar-refractivity contribution in [3.8, 4) is 5.75 Å². The molecule has 0 bridgehead atoms. The van der Waals surface area contributed by atoms with Crippen molar-refractivity contribution in [2.24, 2.45) is 5.10 Å². The number of hydrazone groups is 1. The Hall–Kier alpha value is -3.93. The van der Waals surface area contributed by atoms with Crippen molar-refractivity contribution in [3.05, 3.63) is 88.2 Å². The minimum absolute atomic E-state index is 0.0632. The molecule has 0 saturated carbocycles. The summed E-state index contributed by atoms with van der Waals surface area (Å²) < 4.78 is 0. The maximum absolute atomic E-state index is 12.5. The first-order valence-corrected chi connectivity index (χ1v) is 8.30. The number of nitrogens with zero attached hydrogens (tertiary/aromatic N) is 1. The Balaban J connectivity index is 1.66. The first-order chi connectivity index (χ1) is 13.1. The maximum Gasteiger partial charge on any atom is 0.272 e. The van der Waals surface area contributed by atoms with Gasteiger partial charge < -0.3 is 10.1 Å². The number of H-pyrrole nitrogens is 1. The van der Waals surface area contributed by atoms with E-state index < -0.39 is 5.91 Å². The molecule has 6 nitrogen and oxygen atoms in total. The van der Waals surface area contributed by atoms with Gasteiger partial charge in [-0.05, 0) is 22.9 Å². The van der Waals surface area contributed by atoms with Gasteiger partial charge in [-0.15, -0.1) is 0 Å². The summed E-state index contributed by atoms with van der Waals surface area (Å²) in [5.41, 5.74) is 3.37. The zero-order chi connectivity index (χ0) is 18.8. The average molecular weight is 357 g/mol. The van der Waals surface area contributed by atoms with Gasteiger partial charge in [0.25, 0.3) is 5.91 Å². The number of hydrogen-bond donors (Lipinski definition) is 3. The molecular weight excluding hydrogens is 342 g/mol. The largest absolute Gasteiger partial charge is 0.507 e. The van der Waals surface area contributed by atoms with Crippen molar-refractivity contribution < 1.29 is 9.90 Å². The SMILES string of the molecule is O=C(N/N=C/c1c(O)ccc2ccccc12)c1cc(=O)[nH]c2ccccc12. The average Bonchev–Trinajstić information content (AvgIpc) is 2.68. The van der Waals surface area contributed by atoms with Crippen LogP contribution in [0.1, 0.15) is 15.9 Å². The molecule has 0 fully saturated rings. The molecule has 0 saturated heterocycles. The Bertz CT molecular complexity index is 1260. The lowest BCUT2D eigenvalue weighted by atomic mass is 10.0. The van der Waals surface area contributed by atoms with E-state index in [1.165, 1.54) is 12.3 Å². The summed E-state index contributed by atoms with van der Waals surface area (Å²) in [6.45, 7) is 0. The molecule has 4 aromatic rings. The Morgan fingerprint density at radius 3 is 2.59 bits per heavy atom. The topological polar surface area (TPSA) is 94.5 Å². The smallest absolute Gasteiger partial charge is 0.272 e. The number of aromatic amines is 1. The second kappa shape index (κ2) is 6.76. The third-order valence-corrected chi connectivity index (χ3v) is 4.30. The highest BCUT2D eigenvalue weighted by molar-refractivity contribution is 6.07. The molecule has 0 radical (unpaired) electrons. The fraction of sp³-hybridized carbons (Fsp3) is 0. The van der Waals surface area contributed by atoms with Crippen LogP contribution in [0, 0.1) is 0 Å². The summed E-state index contributed by atoms with van der Waals surface area (Å²) >= 11 is 0. The number of para-hydroxylation sites is 1. The highest BCUT2D eigenvalue weighted by atomic mass is 16.3. The van der Waals surface area contributed by atoms with Crippen molar-refractivity contribution in [3.63, 3.8) is 0 Å². The number of fused-ring (bicyclic) bond motifs is 2. The fourth-order valence-electron chi connectivity index (χ4n) is 3.03. The quantitative estimate of drug-likeness (QED) is 0.388. The number of aromatic nitrogens is 1. The Kier molecular flexibility index (Phi) is 4.14. The van der Waals surface area contributed by atoms with Crippen molar-refractivity contribution in [1.29, 1.82) is 0 Å². The van der Waals surface area contributed by atoms with Crippen LogP contribution in [0.25, 0.3) is 21.7 Å². The normalized spacial score (nSPS) is 11.3. The Morgan fingerprint density at radius 2 is 1.74 bits per heavy atom. The highest BCUT2D eigenvalue weighted by Gasteiger charge is 2.11. The van der Waals surface area contributed by atoms with Gasteiger partial charge in [-0.3, -0.25) is 9.59 Å². The first kappa shape index (κ1) is 16.5. The minimum Gasteiger partial charge on any atom is -0.507 e. The van der Waals surface area contributed by atoms with E-state index in [4.69, 9.17) is 0 Å². The second-order valence-electron chi connectivity index (χ2n) is 6.01. The molecule has 0 unspecified atom stereocenters. The number of nitrogens with one attached hydrogen (secondary N) is 2. The molecule has 6 heteroatoms. The number of phenols is 1. The third-order valence-electron chi connectivity index (χ3n) is 4.30. The van der Waals surface area contributed by atoms with E-state index in [0.29, 0.717) is 16.5 Å². The molecule has 3 aromatic carbocycles. The van der Waals surface area contributed by atoms with Crippen LogP contribution in [-0.4, -0.2) is 22.2 Å². The van der Waals surface area contributed by atoms with Crippen LogP contribution in [0.4, 0.5) is 0 Å². The molecule has 0 aliphatic rings. The maximum atomic E-state index is 12.5. The van der Waals surface area contributed by atoms with Crippen molar-refractivity contribution in [2.75, 3.05) is 0 Å². The van der Waals surface area contributed by atoms with Crippen molar-refractivity contribution >= 4 is 33.8 Å². The minimum atomic E-state index is -0.506. The summed E-state index contributed by atoms with van der Waals surface area (Å²) in [5, 5.41) is 16.5. The molecule has 0 atom stereocenters. The van der Waals surface area contributed by atoms with Crippen LogP contribution in [0.3, 0.4) is 0 Å². The Morgan fingerprint density at radius 1 is 1.00 bits per heavy atom. The molecule has 0 aliphatic heterocycles. The van der Waals surface area contributed by atoms with Gasteiger partial charge >= 0.3 is 0 Å². The zero-order valence-corrected chi connectivity index (χ0v) is 14.1. The van der Waals surface area contributed by atoms with Crippen LogP contribution in [0.5, 0.6) is 5.75 Å². The van der Waals surface area contributed by atoms with Crippen molar-refractivity contribution in [1.82, 2.24) is 10.4 Å². The van der Waals surface area contributed by atoms with E-state index in [2.05, 4.69) is 15.5 Å². The fourth-order valence-corrected chi connectivity index (χ4v) is 3.03. The number of amides is 1.